The molecule has 1 aliphatic carbocycles. The molecule has 0 saturated carbocycles. The van der Waals surface area contributed by atoms with Crippen LogP contribution in [0, 0.1) is 24.2 Å². The molecule has 12 heteroatoms. The smallest absolute Gasteiger partial charge is 0.319 e. The van der Waals surface area contributed by atoms with Crippen LogP contribution in [-0.2, 0) is 4.74 Å². The number of nitrogens with two attached hydrogens (primary N) is 1. The first-order chi connectivity index (χ1) is 21.7. The molecule has 11 nitrogen and oxygen atoms in total. The monoisotopic (exact) mass is 626 g/mol. The molecule has 0 saturated heterocycles. The Morgan fingerprint density at radius 3 is 2.76 bits per heavy atom. The van der Waals surface area contributed by atoms with Crippen molar-refractivity contribution in [1.82, 2.24) is 15.3 Å². The van der Waals surface area contributed by atoms with E-state index in [1.54, 1.807) is 49.4 Å². The molecule has 2 atom stereocenters. The fourth-order valence-electron chi connectivity index (χ4n) is 4.74. The highest BCUT2D eigenvalue weighted by molar-refractivity contribution is 6.35. The van der Waals surface area contributed by atoms with Crippen LogP contribution < -0.4 is 26.6 Å². The van der Waals surface area contributed by atoms with Crippen LogP contribution in [0.4, 0.5) is 27.8 Å². The number of aromatic nitrogens is 2. The zero-order valence-electron chi connectivity index (χ0n) is 25.1. The molecule has 2 aromatic carbocycles. The number of aryl methyl sites for hydroxylation is 1. The molecule has 1 aromatic heterocycles. The number of amides is 3. The Labute approximate surface area is 267 Å². The lowest BCUT2D eigenvalue weighted by molar-refractivity contribution is 0.0977. The lowest BCUT2D eigenvalue weighted by Crippen LogP contribution is -2.41. The molecule has 1 unspecified atom stereocenters. The summed E-state index contributed by atoms with van der Waals surface area (Å²) in [6, 6.07) is 12.9. The Balaban J connectivity index is 1.76. The van der Waals surface area contributed by atoms with E-state index in [2.05, 4.69) is 44.6 Å². The van der Waals surface area contributed by atoms with E-state index in [-0.39, 0.29) is 46.0 Å². The molecular formula is C33H35ClN8O3. The minimum Gasteiger partial charge on any atom is -0.382 e. The Morgan fingerprint density at radius 2 is 2.04 bits per heavy atom. The first kappa shape index (κ1) is 32.7. The molecule has 0 fully saturated rings. The highest BCUT2D eigenvalue weighted by Crippen LogP contribution is 2.31. The highest BCUT2D eigenvalue weighted by Gasteiger charge is 2.30. The van der Waals surface area contributed by atoms with Gasteiger partial charge in [0, 0.05) is 23.8 Å². The summed E-state index contributed by atoms with van der Waals surface area (Å²) < 4.78 is 6.16. The second-order valence-electron chi connectivity index (χ2n) is 10.2. The number of halogens is 1. The van der Waals surface area contributed by atoms with Crippen LogP contribution in [0.15, 0.2) is 85.4 Å². The third kappa shape index (κ3) is 8.26. The Morgan fingerprint density at radius 1 is 1.24 bits per heavy atom. The maximum atomic E-state index is 14.4. The number of carbonyl (C=O) groups is 2. The second kappa shape index (κ2) is 15.5. The molecule has 3 aromatic rings. The van der Waals surface area contributed by atoms with Crippen molar-refractivity contribution in [3.05, 3.63) is 107 Å². The number of nitriles is 1. The van der Waals surface area contributed by atoms with E-state index >= 15 is 0 Å². The third-order valence-electron chi connectivity index (χ3n) is 7.01. The first-order valence-electron chi connectivity index (χ1n) is 14.3. The number of ether oxygens (including phenoxy) is 1. The van der Waals surface area contributed by atoms with Crippen molar-refractivity contribution in [2.75, 3.05) is 41.0 Å². The van der Waals surface area contributed by atoms with Gasteiger partial charge in [-0.1, -0.05) is 60.7 Å². The first-order valence-corrected chi connectivity index (χ1v) is 14.7. The number of hydrogen-bond donors (Lipinski definition) is 4. The van der Waals surface area contributed by atoms with Crippen molar-refractivity contribution in [2.24, 2.45) is 5.92 Å². The summed E-state index contributed by atoms with van der Waals surface area (Å²) in [7, 11) is 0. The maximum Gasteiger partial charge on any atom is 0.319 e. The summed E-state index contributed by atoms with van der Waals surface area (Å²) in [6.07, 6.45) is 10.2. The number of anilines is 4. The molecular weight excluding hydrogens is 592 g/mol. The molecule has 45 heavy (non-hydrogen) atoms. The van der Waals surface area contributed by atoms with Gasteiger partial charge in [0.05, 0.1) is 35.5 Å². The van der Waals surface area contributed by atoms with E-state index in [4.69, 9.17) is 22.1 Å². The van der Waals surface area contributed by atoms with Crippen LogP contribution in [-0.4, -0.2) is 47.7 Å². The average molecular weight is 627 g/mol. The van der Waals surface area contributed by atoms with Gasteiger partial charge in [-0.15, -0.1) is 0 Å². The number of benzene rings is 2. The van der Waals surface area contributed by atoms with Crippen molar-refractivity contribution in [3.8, 4) is 6.07 Å². The van der Waals surface area contributed by atoms with Gasteiger partial charge in [0.25, 0.3) is 5.91 Å². The number of carbonyl (C=O) groups excluding carboxylic acids is 2. The van der Waals surface area contributed by atoms with Gasteiger partial charge in [0.1, 0.15) is 29.6 Å². The number of nitrogens with one attached hydrogen (secondary N) is 3. The van der Waals surface area contributed by atoms with Gasteiger partial charge in [-0.2, -0.15) is 5.26 Å². The summed E-state index contributed by atoms with van der Waals surface area (Å²) in [5, 5.41) is 18.7. The summed E-state index contributed by atoms with van der Waals surface area (Å²) >= 11 is 6.57. The summed E-state index contributed by atoms with van der Waals surface area (Å²) in [4.78, 5) is 36.3. The van der Waals surface area contributed by atoms with Crippen LogP contribution in [0.25, 0.3) is 0 Å². The minimum absolute atomic E-state index is 0.00293. The van der Waals surface area contributed by atoms with Gasteiger partial charge in [0.2, 0.25) is 0 Å². The van der Waals surface area contributed by atoms with Crippen molar-refractivity contribution >= 4 is 46.5 Å². The van der Waals surface area contributed by atoms with Crippen LogP contribution in [0.3, 0.4) is 0 Å². The van der Waals surface area contributed by atoms with E-state index in [9.17, 15) is 14.9 Å². The number of rotatable bonds is 12. The minimum atomic E-state index is -0.777. The van der Waals surface area contributed by atoms with Gasteiger partial charge in [-0.05, 0) is 50.1 Å². The predicted molar refractivity (Wildman–Crippen MR) is 177 cm³/mol. The molecule has 3 amide bonds. The zero-order valence-corrected chi connectivity index (χ0v) is 25.8. The normalized spacial score (nSPS) is 14.2. The Hall–Kier alpha value is -5.18. The van der Waals surface area contributed by atoms with E-state index in [0.717, 1.165) is 6.42 Å². The van der Waals surface area contributed by atoms with Gasteiger partial charge in [0.15, 0.2) is 0 Å². The number of allylic oxidation sites excluding steroid dienone is 3. The predicted octanol–water partition coefficient (Wildman–Crippen LogP) is 5.82. The molecule has 0 radical (unpaired) electrons. The van der Waals surface area contributed by atoms with Crippen molar-refractivity contribution in [1.29, 1.82) is 5.26 Å². The fourth-order valence-corrected chi connectivity index (χ4v) is 5.04. The van der Waals surface area contributed by atoms with Crippen LogP contribution in [0.5, 0.6) is 0 Å². The summed E-state index contributed by atoms with van der Waals surface area (Å²) in [5.41, 5.74) is 8.09. The number of nitrogen functional groups attached to an aromatic ring is 1. The quantitative estimate of drug-likeness (QED) is 0.196. The largest absolute Gasteiger partial charge is 0.382 e. The number of hydrogen-bond acceptors (Lipinski definition) is 8. The van der Waals surface area contributed by atoms with Crippen LogP contribution in [0.2, 0.25) is 5.02 Å². The number of urea groups is 1. The Kier molecular flexibility index (Phi) is 11.3. The molecule has 0 aliphatic heterocycles. The van der Waals surface area contributed by atoms with Crippen LogP contribution >= 0.6 is 11.6 Å². The SMILES string of the molecule is C=C([C@H](COCC1C=CC=CC1)Nc1ncnc(N)c1C#N)N(C(=O)c1c(C)cccc1Cl)c1cccc(NC(=O)NCC)c1. The summed E-state index contributed by atoms with van der Waals surface area (Å²) in [6.45, 7) is 8.85. The standard InChI is InChI=1S/C33H35ClN8O3/c1-4-37-33(44)40-24-13-9-14-25(16-24)42(32(43)29-21(2)10-8-15-27(29)34)22(3)28(19-45-18-23-11-6-5-7-12-23)41-31-26(17-35)30(36)38-20-39-31/h5-11,13-16,20,23,28H,3-4,12,18-19H2,1-2H3,(H2,37,40,44)(H3,36,38,39,41)/t23?,28-/m0/s1. The zero-order chi connectivity index (χ0) is 32.3. The fraction of sp³-hybridized carbons (Fsp3) is 0.242. The van der Waals surface area contributed by atoms with Gasteiger partial charge in [-0.25, -0.2) is 14.8 Å². The molecule has 232 valence electrons. The van der Waals surface area contributed by atoms with E-state index in [1.807, 2.05) is 25.1 Å². The van der Waals surface area contributed by atoms with Gasteiger partial charge in [-0.3, -0.25) is 9.69 Å². The van der Waals surface area contributed by atoms with Gasteiger partial charge >= 0.3 is 6.03 Å². The molecule has 0 spiro atoms. The van der Waals surface area contributed by atoms with Crippen molar-refractivity contribution in [3.63, 3.8) is 0 Å². The lowest BCUT2D eigenvalue weighted by atomic mass is 10.0. The van der Waals surface area contributed by atoms with E-state index in [0.29, 0.717) is 30.1 Å². The Bertz CT molecular complexity index is 1650. The van der Waals surface area contributed by atoms with E-state index in [1.165, 1.54) is 11.2 Å². The van der Waals surface area contributed by atoms with Gasteiger partial charge < -0.3 is 26.4 Å². The van der Waals surface area contributed by atoms with Crippen molar-refractivity contribution < 1.29 is 14.3 Å². The number of nitrogens with zero attached hydrogens (tertiary/aromatic N) is 4. The van der Waals surface area contributed by atoms with Crippen molar-refractivity contribution in [2.45, 2.75) is 26.3 Å². The molecule has 5 N–H and O–H groups in total. The average Bonchev–Trinajstić information content (AvgIpc) is 3.01. The summed E-state index contributed by atoms with van der Waals surface area (Å²) in [5.74, 6) is -0.113. The molecule has 1 aliphatic rings. The highest BCUT2D eigenvalue weighted by atomic mass is 35.5. The maximum absolute atomic E-state index is 14.4. The molecule has 0 bridgehead atoms. The molecule has 4 rings (SSSR count). The van der Waals surface area contributed by atoms with Crippen LogP contribution in [0.1, 0.15) is 34.8 Å². The third-order valence-corrected chi connectivity index (χ3v) is 7.33. The lowest BCUT2D eigenvalue weighted by Gasteiger charge is -2.32. The second-order valence-corrected chi connectivity index (χ2v) is 10.6. The van der Waals surface area contributed by atoms with E-state index < -0.39 is 18.0 Å². The topological polar surface area (TPSA) is 158 Å². The molecule has 1 heterocycles.